The summed E-state index contributed by atoms with van der Waals surface area (Å²) in [5, 5.41) is 8.29. The van der Waals surface area contributed by atoms with Gasteiger partial charge in [-0.05, 0) is 56.2 Å². The number of benzene rings is 1. The highest BCUT2D eigenvalue weighted by Crippen LogP contribution is 2.22. The van der Waals surface area contributed by atoms with Crippen molar-refractivity contribution in [2.75, 3.05) is 26.3 Å². The lowest BCUT2D eigenvalue weighted by Gasteiger charge is -2.24. The maximum atomic E-state index is 13.4. The van der Waals surface area contributed by atoms with Crippen LogP contribution in [0.25, 0.3) is 5.52 Å². The largest absolute Gasteiger partial charge is 0.489 e. The molecule has 0 saturated carbocycles. The molecule has 5 rings (SSSR count). The number of ether oxygens (including phenoxy) is 2. The van der Waals surface area contributed by atoms with Crippen molar-refractivity contribution in [1.82, 2.24) is 19.7 Å². The summed E-state index contributed by atoms with van der Waals surface area (Å²) in [4.78, 5) is 15.3. The van der Waals surface area contributed by atoms with Crippen LogP contribution in [0.3, 0.4) is 0 Å². The van der Waals surface area contributed by atoms with Gasteiger partial charge in [0.25, 0.3) is 5.91 Å². The minimum absolute atomic E-state index is 0.0131. The van der Waals surface area contributed by atoms with Crippen molar-refractivity contribution in [3.63, 3.8) is 0 Å². The van der Waals surface area contributed by atoms with Crippen LogP contribution < -0.4 is 4.74 Å². The molecule has 0 N–H and O–H groups in total. The van der Waals surface area contributed by atoms with Crippen molar-refractivity contribution >= 4 is 11.4 Å². The Bertz CT molecular complexity index is 1280. The number of carbonyl (C=O) groups is 1. The fraction of sp³-hybridized carbons (Fsp3) is 0.346. The maximum absolute atomic E-state index is 13.4. The van der Waals surface area contributed by atoms with E-state index in [1.165, 1.54) is 5.56 Å². The molecule has 0 bridgehead atoms. The van der Waals surface area contributed by atoms with Gasteiger partial charge >= 0.3 is 0 Å². The Morgan fingerprint density at radius 3 is 2.97 bits per heavy atom. The second-order valence-corrected chi connectivity index (χ2v) is 8.71. The van der Waals surface area contributed by atoms with Crippen LogP contribution in [0.1, 0.15) is 32.9 Å². The summed E-state index contributed by atoms with van der Waals surface area (Å²) in [5.41, 5.74) is 4.64. The second-order valence-electron chi connectivity index (χ2n) is 8.71. The highest BCUT2D eigenvalue weighted by atomic mass is 16.5. The third-order valence-corrected chi connectivity index (χ3v) is 6.30. The lowest BCUT2D eigenvalue weighted by Crippen LogP contribution is -2.36. The van der Waals surface area contributed by atoms with Crippen molar-refractivity contribution in [3.05, 3.63) is 83.0 Å². The van der Waals surface area contributed by atoms with E-state index in [9.17, 15) is 4.79 Å². The Balaban J connectivity index is 1.28. The molecule has 4 aromatic rings. The van der Waals surface area contributed by atoms with Crippen LogP contribution in [0, 0.1) is 19.8 Å². The first-order valence-electron chi connectivity index (χ1n) is 11.5. The Morgan fingerprint density at radius 2 is 2.12 bits per heavy atom. The molecule has 3 aromatic heterocycles. The molecule has 0 unspecified atom stereocenters. The van der Waals surface area contributed by atoms with Crippen molar-refractivity contribution < 1.29 is 18.8 Å². The van der Waals surface area contributed by atoms with Gasteiger partial charge in [-0.25, -0.2) is 4.52 Å². The Labute approximate surface area is 198 Å². The van der Waals surface area contributed by atoms with E-state index < -0.39 is 0 Å². The molecule has 0 aliphatic carbocycles. The first-order valence-corrected chi connectivity index (χ1v) is 11.5. The molecule has 1 atom stereocenters. The molecule has 34 heavy (non-hydrogen) atoms. The molecule has 1 aliphatic heterocycles. The van der Waals surface area contributed by atoms with E-state index in [0.717, 1.165) is 29.0 Å². The number of aryl methyl sites for hydroxylation is 2. The van der Waals surface area contributed by atoms with Gasteiger partial charge in [-0.1, -0.05) is 17.3 Å². The molecule has 8 heteroatoms. The predicted molar refractivity (Wildman–Crippen MR) is 126 cm³/mol. The highest BCUT2D eigenvalue weighted by molar-refractivity contribution is 5.94. The standard InChI is InChI=1S/C26H28N4O4/c1-18-24(19(2)34-28-18)17-33-23-7-3-5-22(14-23)26(31)29-11-12-32-16-20(15-29)13-21-6-4-10-30-25(21)8-9-27-30/h3-10,14,20H,11-13,15-17H2,1-2H3/t20-/m0/s1. The summed E-state index contributed by atoms with van der Waals surface area (Å²) in [6.45, 7) is 6.46. The quantitative estimate of drug-likeness (QED) is 0.435. The molecular formula is C26H28N4O4. The van der Waals surface area contributed by atoms with E-state index in [-0.39, 0.29) is 11.8 Å². The van der Waals surface area contributed by atoms with Gasteiger partial charge < -0.3 is 18.9 Å². The average Bonchev–Trinajstić information content (AvgIpc) is 3.38. The monoisotopic (exact) mass is 460 g/mol. The first-order chi connectivity index (χ1) is 16.6. The van der Waals surface area contributed by atoms with Gasteiger partial charge in [-0.3, -0.25) is 4.79 Å². The summed E-state index contributed by atoms with van der Waals surface area (Å²) in [6, 6.07) is 13.5. The zero-order valence-electron chi connectivity index (χ0n) is 19.4. The third-order valence-electron chi connectivity index (χ3n) is 6.30. The normalized spacial score (nSPS) is 16.5. The van der Waals surface area contributed by atoms with Crippen LogP contribution >= 0.6 is 0 Å². The van der Waals surface area contributed by atoms with Crippen molar-refractivity contribution in [2.24, 2.45) is 5.92 Å². The summed E-state index contributed by atoms with van der Waals surface area (Å²) in [5.74, 6) is 1.57. The SMILES string of the molecule is Cc1noc(C)c1COc1cccc(C(=O)N2CCOC[C@@H](Cc3cccn4nccc34)C2)c1. The number of pyridine rings is 1. The smallest absolute Gasteiger partial charge is 0.254 e. The van der Waals surface area contributed by atoms with Gasteiger partial charge in [0.1, 0.15) is 18.1 Å². The fourth-order valence-electron chi connectivity index (χ4n) is 4.45. The highest BCUT2D eigenvalue weighted by Gasteiger charge is 2.24. The topological polar surface area (TPSA) is 82.1 Å². The zero-order valence-corrected chi connectivity index (χ0v) is 19.4. The van der Waals surface area contributed by atoms with Crippen LogP contribution in [0.15, 0.2) is 59.4 Å². The number of fused-ring (bicyclic) bond motifs is 1. The van der Waals surface area contributed by atoms with E-state index >= 15 is 0 Å². The number of hydrogen-bond acceptors (Lipinski definition) is 6. The molecule has 8 nitrogen and oxygen atoms in total. The van der Waals surface area contributed by atoms with E-state index in [4.69, 9.17) is 14.0 Å². The third kappa shape index (κ3) is 4.68. The molecule has 0 spiro atoms. The summed E-state index contributed by atoms with van der Waals surface area (Å²) >= 11 is 0. The number of hydrogen-bond donors (Lipinski definition) is 0. The minimum atomic E-state index is -0.0131. The van der Waals surface area contributed by atoms with Crippen LogP contribution in [0.5, 0.6) is 5.75 Å². The molecule has 1 saturated heterocycles. The Morgan fingerprint density at radius 1 is 1.21 bits per heavy atom. The van der Waals surface area contributed by atoms with E-state index in [1.807, 2.05) is 59.8 Å². The first kappa shape index (κ1) is 22.2. The second kappa shape index (κ2) is 9.69. The van der Waals surface area contributed by atoms with E-state index in [1.54, 1.807) is 12.3 Å². The van der Waals surface area contributed by atoms with Gasteiger partial charge in [-0.2, -0.15) is 5.10 Å². The van der Waals surface area contributed by atoms with Gasteiger partial charge in [-0.15, -0.1) is 0 Å². The number of carbonyl (C=O) groups excluding carboxylic acids is 1. The lowest BCUT2D eigenvalue weighted by molar-refractivity contribution is 0.0737. The lowest BCUT2D eigenvalue weighted by atomic mass is 9.99. The molecule has 176 valence electrons. The maximum Gasteiger partial charge on any atom is 0.254 e. The van der Waals surface area contributed by atoms with Crippen molar-refractivity contribution in [3.8, 4) is 5.75 Å². The average molecular weight is 461 g/mol. The number of rotatable bonds is 6. The van der Waals surface area contributed by atoms with Crippen LogP contribution in [0.4, 0.5) is 0 Å². The zero-order chi connectivity index (χ0) is 23.5. The van der Waals surface area contributed by atoms with Crippen molar-refractivity contribution in [1.29, 1.82) is 0 Å². The number of amides is 1. The fourth-order valence-corrected chi connectivity index (χ4v) is 4.45. The molecule has 4 heterocycles. The predicted octanol–water partition coefficient (Wildman–Crippen LogP) is 3.85. The number of aromatic nitrogens is 3. The molecular weight excluding hydrogens is 432 g/mol. The molecule has 1 fully saturated rings. The molecule has 1 amide bonds. The van der Waals surface area contributed by atoms with Gasteiger partial charge in [0.15, 0.2) is 0 Å². The van der Waals surface area contributed by atoms with Crippen LogP contribution in [-0.4, -0.2) is 51.9 Å². The summed E-state index contributed by atoms with van der Waals surface area (Å²) in [7, 11) is 0. The molecule has 0 radical (unpaired) electrons. The summed E-state index contributed by atoms with van der Waals surface area (Å²) < 4.78 is 18.9. The Hall–Kier alpha value is -3.65. The molecule has 1 aliphatic rings. The van der Waals surface area contributed by atoms with Gasteiger partial charge in [0, 0.05) is 37.0 Å². The van der Waals surface area contributed by atoms with Crippen molar-refractivity contribution in [2.45, 2.75) is 26.9 Å². The van der Waals surface area contributed by atoms with Crippen LogP contribution in [0.2, 0.25) is 0 Å². The van der Waals surface area contributed by atoms with E-state index in [0.29, 0.717) is 44.2 Å². The van der Waals surface area contributed by atoms with Gasteiger partial charge in [0.2, 0.25) is 0 Å². The Kier molecular flexibility index (Phi) is 6.31. The minimum Gasteiger partial charge on any atom is -0.489 e. The van der Waals surface area contributed by atoms with Crippen LogP contribution in [-0.2, 0) is 17.8 Å². The molecule has 1 aromatic carbocycles. The summed E-state index contributed by atoms with van der Waals surface area (Å²) in [6.07, 6.45) is 4.57. The van der Waals surface area contributed by atoms with E-state index in [2.05, 4.69) is 16.3 Å². The number of nitrogens with zero attached hydrogens (tertiary/aromatic N) is 4. The van der Waals surface area contributed by atoms with Gasteiger partial charge in [0.05, 0.1) is 30.0 Å².